The SMILES string of the molecule is CSCCC(N)C(=O)O.Nc1nc2ncc(CNc3ccc(C(=O)NC(CCC(=O)O)C(=O)O)cc3)nc2c(=O)[nH]1. The number of nitrogens with one attached hydrogen (secondary N) is 3. The summed E-state index contributed by atoms with van der Waals surface area (Å²) in [5.41, 5.74) is 11.7. The lowest BCUT2D eigenvalue weighted by Gasteiger charge is -2.14. The van der Waals surface area contributed by atoms with Crippen molar-refractivity contribution in [3.8, 4) is 0 Å². The van der Waals surface area contributed by atoms with Gasteiger partial charge in [-0.2, -0.15) is 16.7 Å². The van der Waals surface area contributed by atoms with Gasteiger partial charge in [-0.3, -0.25) is 24.2 Å². The number of amides is 1. The number of nitrogens with zero attached hydrogens (tertiary/aromatic N) is 3. The van der Waals surface area contributed by atoms with Gasteiger partial charge in [0.2, 0.25) is 5.95 Å². The number of hydrogen-bond acceptors (Lipinski definition) is 12. The molecule has 220 valence electrons. The molecular weight excluding hydrogens is 560 g/mol. The smallest absolute Gasteiger partial charge is 0.326 e. The van der Waals surface area contributed by atoms with Gasteiger partial charge in [-0.25, -0.2) is 14.8 Å². The Hall–Kier alpha value is -4.77. The summed E-state index contributed by atoms with van der Waals surface area (Å²) >= 11 is 1.60. The highest BCUT2D eigenvalue weighted by molar-refractivity contribution is 7.98. The summed E-state index contributed by atoms with van der Waals surface area (Å²) in [4.78, 5) is 70.6. The monoisotopic (exact) mass is 590 g/mol. The second-order valence-electron chi connectivity index (χ2n) is 8.44. The fourth-order valence-corrected chi connectivity index (χ4v) is 3.61. The van der Waals surface area contributed by atoms with Crippen LogP contribution in [0.3, 0.4) is 0 Å². The summed E-state index contributed by atoms with van der Waals surface area (Å²) in [6.07, 6.45) is 3.32. The lowest BCUT2D eigenvalue weighted by molar-refractivity contribution is -0.141. The van der Waals surface area contributed by atoms with Gasteiger partial charge in [0.15, 0.2) is 11.2 Å². The lowest BCUT2D eigenvalue weighted by Crippen LogP contribution is -2.41. The molecule has 2 heterocycles. The standard InChI is InChI=1S/C19H19N7O6.C5H11NO2S/c20-19-25-15-14(17(30)26-19)23-11(8-22-15)7-21-10-3-1-9(2-4-10)16(29)24-12(18(31)32)5-6-13(27)28;1-9-3-2-4(6)5(7)8/h1-4,8,12,21H,5-7H2,(H,24,29)(H,27,28)(H,31,32)(H3,20,22,25,26,30);4H,2-3,6H2,1H3,(H,7,8). The maximum atomic E-state index is 12.3. The van der Waals surface area contributed by atoms with Crippen molar-refractivity contribution < 1.29 is 34.5 Å². The summed E-state index contributed by atoms with van der Waals surface area (Å²) in [6, 6.07) is 4.18. The second-order valence-corrected chi connectivity index (χ2v) is 9.42. The number of hydrogen-bond donors (Lipinski definition) is 8. The van der Waals surface area contributed by atoms with Crippen LogP contribution in [0.1, 0.15) is 35.3 Å². The molecule has 0 fully saturated rings. The molecule has 3 aromatic rings. The van der Waals surface area contributed by atoms with Crippen LogP contribution in [0.25, 0.3) is 11.2 Å². The Kier molecular flexibility index (Phi) is 12.4. The minimum atomic E-state index is -1.31. The van der Waals surface area contributed by atoms with Crippen LogP contribution in [0.4, 0.5) is 11.6 Å². The number of fused-ring (bicyclic) bond motifs is 1. The van der Waals surface area contributed by atoms with Crippen LogP contribution in [-0.4, -0.2) is 83.2 Å². The number of benzene rings is 1. The Labute approximate surface area is 237 Å². The fraction of sp³-hybridized carbons (Fsp3) is 0.333. The molecule has 16 nitrogen and oxygen atoms in total. The third-order valence-electron chi connectivity index (χ3n) is 5.31. The number of aliphatic carboxylic acids is 3. The van der Waals surface area contributed by atoms with Gasteiger partial charge in [0.05, 0.1) is 18.4 Å². The molecule has 2 atom stereocenters. The number of anilines is 2. The Morgan fingerprint density at radius 3 is 2.32 bits per heavy atom. The summed E-state index contributed by atoms with van der Waals surface area (Å²) in [7, 11) is 0. The van der Waals surface area contributed by atoms with Gasteiger partial charge in [-0.05, 0) is 49.1 Å². The molecule has 17 heteroatoms. The first-order valence-electron chi connectivity index (χ1n) is 12.0. The van der Waals surface area contributed by atoms with Crippen LogP contribution in [0.5, 0.6) is 0 Å². The van der Waals surface area contributed by atoms with Gasteiger partial charge in [0.1, 0.15) is 12.1 Å². The molecule has 10 N–H and O–H groups in total. The second kappa shape index (κ2) is 15.7. The molecule has 41 heavy (non-hydrogen) atoms. The van der Waals surface area contributed by atoms with Crippen LogP contribution in [0, 0.1) is 0 Å². The highest BCUT2D eigenvalue weighted by atomic mass is 32.2. The molecule has 0 aliphatic heterocycles. The molecule has 0 saturated carbocycles. The first-order valence-corrected chi connectivity index (χ1v) is 13.4. The number of nitrogen functional groups attached to an aromatic ring is 1. The molecule has 0 radical (unpaired) electrons. The summed E-state index contributed by atoms with van der Waals surface area (Å²) in [6.45, 7) is 0.231. The van der Waals surface area contributed by atoms with Crippen molar-refractivity contribution in [2.75, 3.05) is 23.1 Å². The van der Waals surface area contributed by atoms with E-state index in [2.05, 4.69) is 30.6 Å². The average Bonchev–Trinajstić information content (AvgIpc) is 2.93. The number of nitrogens with two attached hydrogens (primary N) is 2. The highest BCUT2D eigenvalue weighted by Gasteiger charge is 2.21. The number of carboxylic acids is 3. The molecule has 0 aliphatic carbocycles. The van der Waals surface area contributed by atoms with Gasteiger partial charge < -0.3 is 37.4 Å². The number of aromatic amines is 1. The average molecular weight is 591 g/mol. The number of carboxylic acid groups (broad SMARTS) is 3. The van der Waals surface area contributed by atoms with Crippen molar-refractivity contribution >= 4 is 58.4 Å². The Morgan fingerprint density at radius 2 is 1.73 bits per heavy atom. The van der Waals surface area contributed by atoms with Crippen LogP contribution in [0.2, 0.25) is 0 Å². The van der Waals surface area contributed by atoms with Crippen molar-refractivity contribution in [1.82, 2.24) is 25.3 Å². The van der Waals surface area contributed by atoms with E-state index >= 15 is 0 Å². The molecule has 0 bridgehead atoms. The first-order chi connectivity index (χ1) is 19.4. The number of H-pyrrole nitrogens is 1. The molecule has 1 amide bonds. The van der Waals surface area contributed by atoms with Crippen molar-refractivity contribution in [3.05, 3.63) is 52.1 Å². The number of aromatic nitrogens is 4. The Bertz CT molecular complexity index is 1430. The minimum absolute atomic E-state index is 0.0524. The molecule has 0 spiro atoms. The van der Waals surface area contributed by atoms with E-state index in [9.17, 15) is 24.0 Å². The molecular formula is C24H30N8O8S. The van der Waals surface area contributed by atoms with Crippen molar-refractivity contribution in [2.24, 2.45) is 5.73 Å². The maximum absolute atomic E-state index is 12.3. The van der Waals surface area contributed by atoms with Crippen LogP contribution in [-0.2, 0) is 20.9 Å². The van der Waals surface area contributed by atoms with E-state index in [4.69, 9.17) is 26.8 Å². The third kappa shape index (κ3) is 10.7. The molecule has 0 aliphatic rings. The fourth-order valence-electron chi connectivity index (χ4n) is 3.12. The number of carbonyl (C=O) groups excluding carboxylic acids is 1. The zero-order valence-corrected chi connectivity index (χ0v) is 22.7. The van der Waals surface area contributed by atoms with Crippen LogP contribution >= 0.6 is 11.8 Å². The van der Waals surface area contributed by atoms with Crippen molar-refractivity contribution in [1.29, 1.82) is 0 Å². The largest absolute Gasteiger partial charge is 0.481 e. The Morgan fingerprint density at radius 1 is 1.05 bits per heavy atom. The van der Waals surface area contributed by atoms with Gasteiger partial charge >= 0.3 is 17.9 Å². The van der Waals surface area contributed by atoms with Gasteiger partial charge in [0, 0.05) is 17.7 Å². The Balaban J connectivity index is 0.000000564. The summed E-state index contributed by atoms with van der Waals surface area (Å²) in [5.74, 6) is -3.26. The van der Waals surface area contributed by atoms with E-state index < -0.39 is 41.5 Å². The van der Waals surface area contributed by atoms with E-state index in [0.29, 0.717) is 17.8 Å². The molecule has 3 rings (SSSR count). The summed E-state index contributed by atoms with van der Waals surface area (Å²) in [5, 5.41) is 31.5. The van der Waals surface area contributed by atoms with Crippen LogP contribution < -0.4 is 27.7 Å². The summed E-state index contributed by atoms with van der Waals surface area (Å²) < 4.78 is 0. The normalized spacial score (nSPS) is 12.0. The number of carbonyl (C=O) groups is 4. The molecule has 2 unspecified atom stereocenters. The molecule has 1 aromatic carbocycles. The van der Waals surface area contributed by atoms with Crippen molar-refractivity contribution in [2.45, 2.75) is 37.9 Å². The minimum Gasteiger partial charge on any atom is -0.481 e. The van der Waals surface area contributed by atoms with Gasteiger partial charge in [-0.15, -0.1) is 0 Å². The van der Waals surface area contributed by atoms with E-state index in [-0.39, 0.29) is 42.1 Å². The number of thioether (sulfide) groups is 1. The first kappa shape index (κ1) is 32.4. The van der Waals surface area contributed by atoms with E-state index in [1.807, 2.05) is 6.26 Å². The lowest BCUT2D eigenvalue weighted by atomic mass is 10.1. The van der Waals surface area contributed by atoms with Gasteiger partial charge in [0.25, 0.3) is 11.5 Å². The maximum Gasteiger partial charge on any atom is 0.326 e. The quantitative estimate of drug-likeness (QED) is 0.131. The third-order valence-corrected chi connectivity index (χ3v) is 5.95. The van der Waals surface area contributed by atoms with Gasteiger partial charge in [-0.1, -0.05) is 0 Å². The molecule has 2 aromatic heterocycles. The van der Waals surface area contributed by atoms with E-state index in [1.165, 1.54) is 18.3 Å². The molecule has 0 saturated heterocycles. The predicted octanol–water partition coefficient (Wildman–Crippen LogP) is 0.107. The highest BCUT2D eigenvalue weighted by Crippen LogP contribution is 2.12. The topological polar surface area (TPSA) is 277 Å². The zero-order chi connectivity index (χ0) is 30.5. The van der Waals surface area contributed by atoms with E-state index in [1.54, 1.807) is 23.9 Å². The zero-order valence-electron chi connectivity index (χ0n) is 21.9. The van der Waals surface area contributed by atoms with E-state index in [0.717, 1.165) is 5.75 Å². The number of rotatable bonds is 13. The van der Waals surface area contributed by atoms with Crippen molar-refractivity contribution in [3.63, 3.8) is 0 Å². The predicted molar refractivity (Wildman–Crippen MR) is 151 cm³/mol. The van der Waals surface area contributed by atoms with Crippen LogP contribution in [0.15, 0.2) is 35.3 Å².